The van der Waals surface area contributed by atoms with Gasteiger partial charge < -0.3 is 0 Å². The zero-order chi connectivity index (χ0) is 8.23. The molecule has 0 spiro atoms. The van der Waals surface area contributed by atoms with E-state index in [4.69, 9.17) is 0 Å². The van der Waals surface area contributed by atoms with Crippen molar-refractivity contribution in [2.24, 2.45) is 0 Å². The van der Waals surface area contributed by atoms with Crippen molar-refractivity contribution in [2.45, 2.75) is 25.7 Å². The minimum Gasteiger partial charge on any atom is -0.0882 e. The van der Waals surface area contributed by atoms with Crippen molar-refractivity contribution in [3.8, 4) is 0 Å². The zero-order valence-corrected chi connectivity index (χ0v) is 7.29. The summed E-state index contributed by atoms with van der Waals surface area (Å²) in [5, 5.41) is 0. The van der Waals surface area contributed by atoms with E-state index in [2.05, 4.69) is 36.4 Å². The minimum absolute atomic E-state index is 1.20. The standard InChI is InChI=1S/C12H14/c1-2-4-7-12-9-5-8-11(10-12)6-3-1/h1-2,5,8-10H,3-4,6-7H2. The molecule has 62 valence electrons. The molecule has 0 N–H and O–H groups in total. The normalized spacial score (nSPS) is 16.3. The van der Waals surface area contributed by atoms with Crippen LogP contribution in [0.3, 0.4) is 0 Å². The van der Waals surface area contributed by atoms with Crippen molar-refractivity contribution in [3.63, 3.8) is 0 Å². The predicted molar refractivity (Wildman–Crippen MR) is 52.2 cm³/mol. The maximum atomic E-state index is 2.34. The Labute approximate surface area is 73.9 Å². The molecule has 0 saturated carbocycles. The number of aryl methyl sites for hydroxylation is 2. The summed E-state index contributed by atoms with van der Waals surface area (Å²) >= 11 is 0. The number of fused-ring (bicyclic) bond motifs is 2. The van der Waals surface area contributed by atoms with Gasteiger partial charge >= 0.3 is 0 Å². The van der Waals surface area contributed by atoms with E-state index in [1.165, 1.54) is 36.8 Å². The van der Waals surface area contributed by atoms with E-state index < -0.39 is 0 Å². The van der Waals surface area contributed by atoms with Crippen molar-refractivity contribution < 1.29 is 0 Å². The Morgan fingerprint density at radius 2 is 1.42 bits per heavy atom. The van der Waals surface area contributed by atoms with Gasteiger partial charge in [0.25, 0.3) is 0 Å². The van der Waals surface area contributed by atoms with Crippen LogP contribution in [0.4, 0.5) is 0 Å². The fraction of sp³-hybridized carbons (Fsp3) is 0.333. The van der Waals surface area contributed by atoms with Crippen molar-refractivity contribution in [3.05, 3.63) is 47.5 Å². The fourth-order valence-electron chi connectivity index (χ4n) is 1.68. The van der Waals surface area contributed by atoms with Gasteiger partial charge in [0.05, 0.1) is 0 Å². The van der Waals surface area contributed by atoms with Gasteiger partial charge in [0.1, 0.15) is 0 Å². The van der Waals surface area contributed by atoms with Gasteiger partial charge in [0, 0.05) is 0 Å². The summed E-state index contributed by atoms with van der Waals surface area (Å²) in [4.78, 5) is 0. The van der Waals surface area contributed by atoms with E-state index in [1.807, 2.05) is 0 Å². The lowest BCUT2D eigenvalue weighted by Gasteiger charge is -2.00. The van der Waals surface area contributed by atoms with Gasteiger partial charge in [0.2, 0.25) is 0 Å². The van der Waals surface area contributed by atoms with E-state index in [0.29, 0.717) is 0 Å². The molecular weight excluding hydrogens is 144 g/mol. The number of hydrogen-bond donors (Lipinski definition) is 0. The van der Waals surface area contributed by atoms with Crippen LogP contribution in [0, 0.1) is 0 Å². The Morgan fingerprint density at radius 3 is 2.00 bits per heavy atom. The van der Waals surface area contributed by atoms with E-state index in [9.17, 15) is 0 Å². The highest BCUT2D eigenvalue weighted by Gasteiger charge is 1.97. The molecule has 0 aliphatic heterocycles. The molecular formula is C12H14. The molecule has 1 aromatic rings. The summed E-state index contributed by atoms with van der Waals surface area (Å²) in [6, 6.07) is 8.97. The summed E-state index contributed by atoms with van der Waals surface area (Å²) in [6.45, 7) is 0. The van der Waals surface area contributed by atoms with E-state index in [-0.39, 0.29) is 0 Å². The zero-order valence-electron chi connectivity index (χ0n) is 7.29. The topological polar surface area (TPSA) is 0 Å². The third-order valence-corrected chi connectivity index (χ3v) is 2.36. The SMILES string of the molecule is C1=CCCc2cccc(c2)CC1. The Balaban J connectivity index is 2.28. The summed E-state index contributed by atoms with van der Waals surface area (Å²) in [5.41, 5.74) is 2.97. The van der Waals surface area contributed by atoms with Gasteiger partial charge in [-0.2, -0.15) is 0 Å². The lowest BCUT2D eigenvalue weighted by Crippen LogP contribution is -1.86. The fourth-order valence-corrected chi connectivity index (χ4v) is 1.68. The van der Waals surface area contributed by atoms with Crippen molar-refractivity contribution >= 4 is 0 Å². The first kappa shape index (κ1) is 7.60. The largest absolute Gasteiger partial charge is 0.0882 e. The highest BCUT2D eigenvalue weighted by Crippen LogP contribution is 2.12. The van der Waals surface area contributed by atoms with Crippen molar-refractivity contribution in [2.75, 3.05) is 0 Å². The molecule has 2 rings (SSSR count). The second-order valence-electron chi connectivity index (χ2n) is 3.37. The second-order valence-corrected chi connectivity index (χ2v) is 3.37. The van der Waals surface area contributed by atoms with Crippen molar-refractivity contribution in [1.82, 2.24) is 0 Å². The third-order valence-electron chi connectivity index (χ3n) is 2.36. The number of benzene rings is 1. The van der Waals surface area contributed by atoms with Gasteiger partial charge in [0.15, 0.2) is 0 Å². The Hall–Kier alpha value is -1.04. The van der Waals surface area contributed by atoms with Crippen LogP contribution < -0.4 is 0 Å². The average molecular weight is 158 g/mol. The van der Waals surface area contributed by atoms with E-state index >= 15 is 0 Å². The first-order valence-electron chi connectivity index (χ1n) is 4.68. The smallest absolute Gasteiger partial charge is 0.0244 e. The molecule has 1 aliphatic carbocycles. The Bertz CT molecular complexity index is 259. The van der Waals surface area contributed by atoms with E-state index in [0.717, 1.165) is 0 Å². The number of rotatable bonds is 0. The molecule has 0 unspecified atom stereocenters. The Kier molecular flexibility index (Phi) is 2.26. The first-order valence-corrected chi connectivity index (χ1v) is 4.68. The molecule has 0 atom stereocenters. The van der Waals surface area contributed by atoms with Crippen LogP contribution in [0.15, 0.2) is 36.4 Å². The molecule has 1 aliphatic rings. The van der Waals surface area contributed by atoms with E-state index in [1.54, 1.807) is 0 Å². The molecule has 0 radical (unpaired) electrons. The lowest BCUT2D eigenvalue weighted by atomic mass is 10.1. The monoisotopic (exact) mass is 158 g/mol. The summed E-state index contributed by atoms with van der Waals surface area (Å²) < 4.78 is 0. The molecule has 1 aromatic carbocycles. The highest BCUT2D eigenvalue weighted by molar-refractivity contribution is 5.24. The van der Waals surface area contributed by atoms with Crippen LogP contribution in [0.2, 0.25) is 0 Å². The quantitative estimate of drug-likeness (QED) is 0.509. The molecule has 0 aromatic heterocycles. The predicted octanol–water partition coefficient (Wildman–Crippen LogP) is 3.12. The molecule has 0 heterocycles. The molecule has 0 saturated heterocycles. The highest BCUT2D eigenvalue weighted by atomic mass is 14.0. The van der Waals surface area contributed by atoms with Crippen LogP contribution in [-0.4, -0.2) is 0 Å². The molecule has 2 bridgehead atoms. The van der Waals surface area contributed by atoms with Crippen LogP contribution in [0.1, 0.15) is 24.0 Å². The van der Waals surface area contributed by atoms with Crippen LogP contribution in [0.5, 0.6) is 0 Å². The average Bonchev–Trinajstić information content (AvgIpc) is 2.17. The van der Waals surface area contributed by atoms with Crippen LogP contribution in [-0.2, 0) is 12.8 Å². The van der Waals surface area contributed by atoms with Gasteiger partial charge in [-0.3, -0.25) is 0 Å². The van der Waals surface area contributed by atoms with Gasteiger partial charge in [-0.1, -0.05) is 36.4 Å². The summed E-state index contributed by atoms with van der Waals surface area (Å²) in [7, 11) is 0. The lowest BCUT2D eigenvalue weighted by molar-refractivity contribution is 0.995. The summed E-state index contributed by atoms with van der Waals surface area (Å²) in [5.74, 6) is 0. The molecule has 0 fully saturated rings. The molecule has 0 amide bonds. The van der Waals surface area contributed by atoms with Gasteiger partial charge in [-0.05, 0) is 36.8 Å². The maximum absolute atomic E-state index is 2.34. The Morgan fingerprint density at radius 1 is 0.833 bits per heavy atom. The second kappa shape index (κ2) is 3.57. The van der Waals surface area contributed by atoms with Crippen molar-refractivity contribution in [1.29, 1.82) is 0 Å². The summed E-state index contributed by atoms with van der Waals surface area (Å²) in [6.07, 6.45) is 9.40. The van der Waals surface area contributed by atoms with Gasteiger partial charge in [-0.25, -0.2) is 0 Å². The van der Waals surface area contributed by atoms with Gasteiger partial charge in [-0.15, -0.1) is 0 Å². The molecule has 12 heavy (non-hydrogen) atoms. The first-order chi connectivity index (χ1) is 5.95. The molecule has 0 nitrogen and oxygen atoms in total. The number of allylic oxidation sites excluding steroid dienone is 2. The van der Waals surface area contributed by atoms with Crippen LogP contribution in [0.25, 0.3) is 0 Å². The third kappa shape index (κ3) is 1.76. The number of hydrogen-bond acceptors (Lipinski definition) is 0. The molecule has 0 heteroatoms. The van der Waals surface area contributed by atoms with Crippen LogP contribution >= 0.6 is 0 Å². The minimum atomic E-state index is 1.20. The maximum Gasteiger partial charge on any atom is -0.0244 e.